The van der Waals surface area contributed by atoms with Crippen molar-refractivity contribution in [3.63, 3.8) is 0 Å². The molecular weight excluding hydrogens is 627 g/mol. The minimum Gasteiger partial charge on any atom is -0.347 e. The number of aryl methyl sites for hydroxylation is 1. The normalized spacial score (nSPS) is 17.5. The zero-order valence-corrected chi connectivity index (χ0v) is 30.3. The number of halogens is 2. The van der Waals surface area contributed by atoms with Crippen LogP contribution >= 0.6 is 23.2 Å². The molecule has 0 bridgehead atoms. The lowest BCUT2D eigenvalue weighted by Crippen LogP contribution is -2.22. The molecule has 2 aliphatic rings. The van der Waals surface area contributed by atoms with E-state index in [-0.39, 0.29) is 10.8 Å². The van der Waals surface area contributed by atoms with Crippen molar-refractivity contribution in [3.05, 3.63) is 183 Å². The Labute approximate surface area is 297 Å². The second kappa shape index (κ2) is 13.3. The third-order valence-corrected chi connectivity index (χ3v) is 10.6. The van der Waals surface area contributed by atoms with Gasteiger partial charge in [-0.1, -0.05) is 118 Å². The summed E-state index contributed by atoms with van der Waals surface area (Å²) >= 11 is 12.9. The van der Waals surface area contributed by atoms with Crippen LogP contribution in [0.2, 0.25) is 10.0 Å². The van der Waals surface area contributed by atoms with Gasteiger partial charge in [-0.3, -0.25) is 0 Å². The van der Waals surface area contributed by atoms with Gasteiger partial charge in [-0.05, 0) is 114 Å². The fraction of sp³-hybridized carbons (Fsp3) is 0.227. The van der Waals surface area contributed by atoms with Gasteiger partial charge in [0.15, 0.2) is 0 Å². The molecule has 1 aliphatic carbocycles. The number of rotatable bonds is 8. The standard InChI is InChI=1S/C44H44Cl2N2/c1-30-18-24-34(45)28-38(30)43(3,4)31(2)19-20-32-21-22-33(23-27-41-44(5,6)39-29-35(46)25-26-40(39)47(41)7)42(32)48(36-14-10-8-11-15-36)37-16-12-9-13-17-37/h8-20,23-29H,2,21-22H2,1,3-7H3/b20-19+,33-23+,41-27+. The average molecular weight is 672 g/mol. The SMILES string of the molecule is C=C(/C=C/C1=C(N(c2ccccc2)c2ccccc2)C(=C/C=C2/N(C)c3ccc(Cl)cc3C2(C)C)/CC1)C(C)(C)c1cc(Cl)ccc1C. The van der Waals surface area contributed by atoms with Crippen molar-refractivity contribution in [1.82, 2.24) is 0 Å². The summed E-state index contributed by atoms with van der Waals surface area (Å²) < 4.78 is 0. The number of benzene rings is 4. The lowest BCUT2D eigenvalue weighted by molar-refractivity contribution is 0.637. The van der Waals surface area contributed by atoms with Crippen LogP contribution in [0.15, 0.2) is 156 Å². The Hall–Kier alpha value is -4.24. The van der Waals surface area contributed by atoms with Gasteiger partial charge in [-0.15, -0.1) is 0 Å². The summed E-state index contributed by atoms with van der Waals surface area (Å²) in [6.07, 6.45) is 11.0. The van der Waals surface area contributed by atoms with Crippen LogP contribution in [0.3, 0.4) is 0 Å². The number of anilines is 3. The van der Waals surface area contributed by atoms with Gasteiger partial charge in [-0.25, -0.2) is 0 Å². The monoisotopic (exact) mass is 670 g/mol. The summed E-state index contributed by atoms with van der Waals surface area (Å²) in [7, 11) is 2.15. The maximum Gasteiger partial charge on any atom is 0.0525 e. The fourth-order valence-electron chi connectivity index (χ4n) is 7.22. The summed E-state index contributed by atoms with van der Waals surface area (Å²) in [5.41, 5.74) is 12.7. The molecule has 2 nitrogen and oxygen atoms in total. The van der Waals surface area contributed by atoms with Gasteiger partial charge in [0.1, 0.15) is 0 Å². The molecule has 48 heavy (non-hydrogen) atoms. The van der Waals surface area contributed by atoms with Crippen LogP contribution in [0.25, 0.3) is 0 Å². The van der Waals surface area contributed by atoms with E-state index < -0.39 is 0 Å². The molecule has 0 fully saturated rings. The molecule has 244 valence electrons. The van der Waals surface area contributed by atoms with E-state index in [1.807, 2.05) is 12.1 Å². The molecule has 0 saturated carbocycles. The number of allylic oxidation sites excluding steroid dienone is 8. The second-order valence-corrected chi connectivity index (χ2v) is 14.8. The molecule has 4 aromatic carbocycles. The number of fused-ring (bicyclic) bond motifs is 1. The number of para-hydroxylation sites is 2. The Morgan fingerprint density at radius 3 is 2.08 bits per heavy atom. The fourth-order valence-corrected chi connectivity index (χ4v) is 7.57. The molecule has 0 unspecified atom stereocenters. The zero-order chi connectivity index (χ0) is 34.2. The highest BCUT2D eigenvalue weighted by Gasteiger charge is 2.38. The Kier molecular flexibility index (Phi) is 9.35. The van der Waals surface area contributed by atoms with Crippen LogP contribution in [0.1, 0.15) is 57.2 Å². The summed E-state index contributed by atoms with van der Waals surface area (Å²) in [4.78, 5) is 4.71. The number of nitrogens with zero attached hydrogens (tertiary/aromatic N) is 2. The van der Waals surface area contributed by atoms with Crippen molar-refractivity contribution in [3.8, 4) is 0 Å². The molecular formula is C44H44Cl2N2. The van der Waals surface area contributed by atoms with Crippen LogP contribution in [-0.2, 0) is 10.8 Å². The van der Waals surface area contributed by atoms with Gasteiger partial charge in [0.05, 0.1) is 5.70 Å². The zero-order valence-electron chi connectivity index (χ0n) is 28.8. The number of likely N-dealkylation sites (N-methyl/N-ethyl adjacent to an activating group) is 1. The molecule has 0 spiro atoms. The first-order valence-corrected chi connectivity index (χ1v) is 17.4. The largest absolute Gasteiger partial charge is 0.347 e. The predicted molar refractivity (Wildman–Crippen MR) is 208 cm³/mol. The summed E-state index contributed by atoms with van der Waals surface area (Å²) in [6, 6.07) is 33.7. The highest BCUT2D eigenvalue weighted by molar-refractivity contribution is 6.31. The van der Waals surface area contributed by atoms with Crippen molar-refractivity contribution < 1.29 is 0 Å². The number of hydrogen-bond donors (Lipinski definition) is 0. The molecule has 1 aliphatic heterocycles. The first-order valence-electron chi connectivity index (χ1n) is 16.6. The Morgan fingerprint density at radius 1 is 0.833 bits per heavy atom. The molecule has 6 rings (SSSR count). The van der Waals surface area contributed by atoms with Crippen molar-refractivity contribution in [2.45, 2.75) is 58.3 Å². The van der Waals surface area contributed by atoms with E-state index in [4.69, 9.17) is 23.2 Å². The molecule has 4 aromatic rings. The maximum atomic E-state index is 6.46. The van der Waals surface area contributed by atoms with E-state index in [0.29, 0.717) is 0 Å². The van der Waals surface area contributed by atoms with E-state index in [2.05, 4.69) is 167 Å². The highest BCUT2D eigenvalue weighted by atomic mass is 35.5. The maximum absolute atomic E-state index is 6.46. The lowest BCUT2D eigenvalue weighted by atomic mass is 9.76. The third-order valence-electron chi connectivity index (χ3n) is 10.1. The minimum absolute atomic E-state index is 0.183. The molecule has 1 heterocycles. The van der Waals surface area contributed by atoms with E-state index in [0.717, 1.165) is 39.8 Å². The lowest BCUT2D eigenvalue weighted by Gasteiger charge is -2.29. The van der Waals surface area contributed by atoms with Crippen LogP contribution in [0.5, 0.6) is 0 Å². The van der Waals surface area contributed by atoms with E-state index in [1.165, 1.54) is 44.9 Å². The van der Waals surface area contributed by atoms with Gasteiger partial charge in [0.2, 0.25) is 0 Å². The Bertz CT molecular complexity index is 1940. The molecule has 4 heteroatoms. The van der Waals surface area contributed by atoms with Crippen molar-refractivity contribution in [2.24, 2.45) is 0 Å². The topological polar surface area (TPSA) is 6.48 Å². The van der Waals surface area contributed by atoms with Crippen LogP contribution in [-0.4, -0.2) is 7.05 Å². The second-order valence-electron chi connectivity index (χ2n) is 13.9. The quantitative estimate of drug-likeness (QED) is 0.172. The smallest absolute Gasteiger partial charge is 0.0525 e. The van der Waals surface area contributed by atoms with E-state index >= 15 is 0 Å². The average Bonchev–Trinajstić information content (AvgIpc) is 3.55. The van der Waals surface area contributed by atoms with Gasteiger partial charge in [-0.2, -0.15) is 0 Å². The van der Waals surface area contributed by atoms with E-state index in [1.54, 1.807) is 0 Å². The van der Waals surface area contributed by atoms with Gasteiger partial charge < -0.3 is 9.80 Å². The Morgan fingerprint density at radius 2 is 1.44 bits per heavy atom. The summed E-state index contributed by atoms with van der Waals surface area (Å²) in [5.74, 6) is 0. The minimum atomic E-state index is -0.289. The molecule has 0 radical (unpaired) electrons. The molecule has 0 N–H and O–H groups in total. The van der Waals surface area contributed by atoms with Gasteiger partial charge >= 0.3 is 0 Å². The van der Waals surface area contributed by atoms with Crippen LogP contribution in [0.4, 0.5) is 17.1 Å². The molecule has 0 atom stereocenters. The number of hydrogen-bond acceptors (Lipinski definition) is 2. The molecule has 0 amide bonds. The Balaban J connectivity index is 1.47. The van der Waals surface area contributed by atoms with Crippen LogP contribution in [0, 0.1) is 6.92 Å². The summed E-state index contributed by atoms with van der Waals surface area (Å²) in [5, 5.41) is 1.51. The molecule has 0 aromatic heterocycles. The summed E-state index contributed by atoms with van der Waals surface area (Å²) in [6.45, 7) is 15.7. The van der Waals surface area contributed by atoms with Crippen LogP contribution < -0.4 is 9.80 Å². The van der Waals surface area contributed by atoms with Gasteiger partial charge in [0, 0.05) is 50.7 Å². The van der Waals surface area contributed by atoms with E-state index in [9.17, 15) is 0 Å². The predicted octanol–water partition coefficient (Wildman–Crippen LogP) is 12.8. The first-order chi connectivity index (χ1) is 22.9. The highest BCUT2D eigenvalue weighted by Crippen LogP contribution is 2.48. The molecule has 0 saturated heterocycles. The first kappa shape index (κ1) is 33.7. The van der Waals surface area contributed by atoms with Gasteiger partial charge in [0.25, 0.3) is 0 Å². The van der Waals surface area contributed by atoms with Crippen molar-refractivity contribution >= 4 is 40.3 Å². The van der Waals surface area contributed by atoms with Crippen molar-refractivity contribution in [2.75, 3.05) is 16.8 Å². The third kappa shape index (κ3) is 6.32. The van der Waals surface area contributed by atoms with Crippen molar-refractivity contribution in [1.29, 1.82) is 0 Å².